The molecule has 6 heteroatoms. The lowest BCUT2D eigenvalue weighted by Gasteiger charge is -2.05. The van der Waals surface area contributed by atoms with Gasteiger partial charge in [0, 0.05) is 12.3 Å². The molecule has 2 aromatic heterocycles. The summed E-state index contributed by atoms with van der Waals surface area (Å²) in [6.45, 7) is 0. The van der Waals surface area contributed by atoms with E-state index in [4.69, 9.17) is 16.3 Å². The number of hydrogen-bond donors (Lipinski definition) is 0. The Morgan fingerprint density at radius 2 is 2.05 bits per heavy atom. The van der Waals surface area contributed by atoms with Crippen LogP contribution in [0.3, 0.4) is 0 Å². The van der Waals surface area contributed by atoms with E-state index in [1.807, 2.05) is 12.1 Å². The Hall–Kier alpha value is -2.14. The minimum absolute atomic E-state index is 0.136. The van der Waals surface area contributed by atoms with Gasteiger partial charge in [-0.05, 0) is 24.3 Å². The van der Waals surface area contributed by atoms with Gasteiger partial charge in [0.25, 0.3) is 0 Å². The summed E-state index contributed by atoms with van der Waals surface area (Å²) in [7, 11) is 0. The van der Waals surface area contributed by atoms with E-state index in [2.05, 4.69) is 4.98 Å². The fourth-order valence-electron chi connectivity index (χ4n) is 1.89. The maximum absolute atomic E-state index is 13.6. The van der Waals surface area contributed by atoms with Gasteiger partial charge in [0.15, 0.2) is 11.6 Å². The summed E-state index contributed by atoms with van der Waals surface area (Å²) in [5.41, 5.74) is 1.20. The van der Waals surface area contributed by atoms with Gasteiger partial charge in [0.2, 0.25) is 5.88 Å². The number of ether oxygens (including phenoxy) is 1. The van der Waals surface area contributed by atoms with Crippen molar-refractivity contribution in [2.75, 3.05) is 0 Å². The zero-order valence-electron chi connectivity index (χ0n) is 10.2. The molecule has 0 aliphatic heterocycles. The van der Waals surface area contributed by atoms with Gasteiger partial charge >= 0.3 is 0 Å². The number of imidazole rings is 1. The summed E-state index contributed by atoms with van der Waals surface area (Å²) in [4.78, 5) is 4.22. The molecule has 0 saturated heterocycles. The van der Waals surface area contributed by atoms with Crippen molar-refractivity contribution >= 4 is 17.2 Å². The first kappa shape index (κ1) is 12.9. The Labute approximate surface area is 118 Å². The van der Waals surface area contributed by atoms with Gasteiger partial charge in [-0.15, -0.1) is 11.6 Å². The summed E-state index contributed by atoms with van der Waals surface area (Å²) in [5.74, 6) is -1.17. The first-order chi connectivity index (χ1) is 9.69. The lowest BCUT2D eigenvalue weighted by Crippen LogP contribution is -1.94. The molecule has 0 unspecified atom stereocenters. The highest BCUT2D eigenvalue weighted by Crippen LogP contribution is 2.29. The molecule has 0 aliphatic rings. The fraction of sp³-hybridized carbons (Fsp3) is 0.0714. The Bertz CT molecular complexity index is 773. The van der Waals surface area contributed by atoms with Gasteiger partial charge in [-0.3, -0.25) is 4.40 Å². The molecular formula is C14H9ClF2N2O. The van der Waals surface area contributed by atoms with Crippen molar-refractivity contribution in [3.63, 3.8) is 0 Å². The minimum Gasteiger partial charge on any atom is -0.434 e. The molecule has 1 aromatic carbocycles. The van der Waals surface area contributed by atoms with Gasteiger partial charge in [-0.1, -0.05) is 6.07 Å². The van der Waals surface area contributed by atoms with Crippen LogP contribution in [0.25, 0.3) is 5.65 Å². The quantitative estimate of drug-likeness (QED) is 0.679. The molecule has 3 rings (SSSR count). The second-order valence-corrected chi connectivity index (χ2v) is 4.37. The molecule has 0 saturated carbocycles. The zero-order chi connectivity index (χ0) is 14.1. The lowest BCUT2D eigenvalue weighted by atomic mass is 10.3. The highest BCUT2D eigenvalue weighted by molar-refractivity contribution is 6.17. The monoisotopic (exact) mass is 294 g/mol. The molecule has 0 bridgehead atoms. The molecule has 3 aromatic rings. The van der Waals surface area contributed by atoms with Crippen LogP contribution < -0.4 is 4.74 Å². The van der Waals surface area contributed by atoms with Crippen molar-refractivity contribution in [2.24, 2.45) is 0 Å². The second kappa shape index (κ2) is 5.09. The predicted molar refractivity (Wildman–Crippen MR) is 71.2 cm³/mol. The number of alkyl halides is 1. The fourth-order valence-corrected chi connectivity index (χ4v) is 2.13. The Kier molecular flexibility index (Phi) is 3.28. The van der Waals surface area contributed by atoms with Crippen molar-refractivity contribution in [3.05, 3.63) is 59.9 Å². The molecule has 102 valence electrons. The van der Waals surface area contributed by atoms with Crippen LogP contribution in [-0.2, 0) is 5.88 Å². The van der Waals surface area contributed by atoms with Crippen LogP contribution in [0.2, 0.25) is 0 Å². The molecule has 0 amide bonds. The van der Waals surface area contributed by atoms with Crippen molar-refractivity contribution < 1.29 is 13.5 Å². The number of benzene rings is 1. The summed E-state index contributed by atoms with van der Waals surface area (Å²) in [5, 5.41) is 0. The van der Waals surface area contributed by atoms with E-state index in [0.717, 1.165) is 18.2 Å². The van der Waals surface area contributed by atoms with E-state index in [1.165, 1.54) is 0 Å². The number of halogens is 3. The molecule has 0 N–H and O–H groups in total. The van der Waals surface area contributed by atoms with Gasteiger partial charge in [0.05, 0.1) is 5.88 Å². The lowest BCUT2D eigenvalue weighted by molar-refractivity contribution is 0.421. The normalized spacial score (nSPS) is 10.9. The summed E-state index contributed by atoms with van der Waals surface area (Å²) in [6, 6.07) is 8.39. The Morgan fingerprint density at radius 1 is 1.20 bits per heavy atom. The molecule has 0 atom stereocenters. The van der Waals surface area contributed by atoms with Gasteiger partial charge in [-0.2, -0.15) is 4.98 Å². The highest BCUT2D eigenvalue weighted by Gasteiger charge is 2.15. The molecule has 2 heterocycles. The summed E-state index contributed by atoms with van der Waals surface area (Å²) >= 11 is 5.88. The number of rotatable bonds is 3. The van der Waals surface area contributed by atoms with E-state index in [-0.39, 0.29) is 17.5 Å². The Morgan fingerprint density at radius 3 is 2.85 bits per heavy atom. The van der Waals surface area contributed by atoms with Crippen LogP contribution in [0.5, 0.6) is 11.6 Å². The number of pyridine rings is 1. The van der Waals surface area contributed by atoms with E-state index in [1.54, 1.807) is 16.7 Å². The molecule has 3 nitrogen and oxygen atoms in total. The van der Waals surface area contributed by atoms with Crippen molar-refractivity contribution in [2.45, 2.75) is 5.88 Å². The van der Waals surface area contributed by atoms with Gasteiger partial charge < -0.3 is 4.74 Å². The van der Waals surface area contributed by atoms with Crippen LogP contribution in [0.1, 0.15) is 5.69 Å². The number of hydrogen-bond acceptors (Lipinski definition) is 2. The average molecular weight is 295 g/mol. The number of nitrogens with zero attached hydrogens (tertiary/aromatic N) is 2. The standard InChI is InChI=1S/C14H9ClF2N2O/c15-8-11-14(18-13-3-1-2-6-19(11)13)20-12-7-9(16)4-5-10(12)17/h1-7H,8H2. The first-order valence-electron chi connectivity index (χ1n) is 5.84. The molecule has 20 heavy (non-hydrogen) atoms. The minimum atomic E-state index is -0.663. The maximum atomic E-state index is 13.6. The molecule has 0 aliphatic carbocycles. The van der Waals surface area contributed by atoms with E-state index >= 15 is 0 Å². The molecule has 0 fully saturated rings. The third-order valence-corrected chi connectivity index (χ3v) is 3.07. The Balaban J connectivity index is 2.08. The van der Waals surface area contributed by atoms with E-state index < -0.39 is 11.6 Å². The molecule has 0 radical (unpaired) electrons. The van der Waals surface area contributed by atoms with Crippen LogP contribution >= 0.6 is 11.6 Å². The van der Waals surface area contributed by atoms with E-state index in [9.17, 15) is 8.78 Å². The van der Waals surface area contributed by atoms with Crippen molar-refractivity contribution in [1.82, 2.24) is 9.38 Å². The smallest absolute Gasteiger partial charge is 0.242 e. The number of fused-ring (bicyclic) bond motifs is 1. The second-order valence-electron chi connectivity index (χ2n) is 4.10. The van der Waals surface area contributed by atoms with Crippen LogP contribution in [0, 0.1) is 11.6 Å². The van der Waals surface area contributed by atoms with Crippen LogP contribution in [0.4, 0.5) is 8.78 Å². The average Bonchev–Trinajstić information content (AvgIpc) is 2.80. The largest absolute Gasteiger partial charge is 0.434 e. The maximum Gasteiger partial charge on any atom is 0.242 e. The van der Waals surface area contributed by atoms with Crippen molar-refractivity contribution in [3.8, 4) is 11.6 Å². The van der Waals surface area contributed by atoms with E-state index in [0.29, 0.717) is 11.3 Å². The highest BCUT2D eigenvalue weighted by atomic mass is 35.5. The third kappa shape index (κ3) is 2.20. The predicted octanol–water partition coefficient (Wildman–Crippen LogP) is 4.14. The summed E-state index contributed by atoms with van der Waals surface area (Å²) < 4.78 is 33.8. The van der Waals surface area contributed by atoms with Crippen LogP contribution in [-0.4, -0.2) is 9.38 Å². The van der Waals surface area contributed by atoms with Gasteiger partial charge in [-0.25, -0.2) is 8.78 Å². The van der Waals surface area contributed by atoms with Crippen LogP contribution in [0.15, 0.2) is 42.6 Å². The zero-order valence-corrected chi connectivity index (χ0v) is 10.9. The molecule has 0 spiro atoms. The topological polar surface area (TPSA) is 26.5 Å². The summed E-state index contributed by atoms with van der Waals surface area (Å²) in [6.07, 6.45) is 1.77. The van der Waals surface area contributed by atoms with Gasteiger partial charge in [0.1, 0.15) is 17.2 Å². The van der Waals surface area contributed by atoms with Crippen molar-refractivity contribution in [1.29, 1.82) is 0 Å². The third-order valence-electron chi connectivity index (χ3n) is 2.82. The molecular weight excluding hydrogens is 286 g/mol. The SMILES string of the molecule is Fc1ccc(F)c(Oc2nc3ccccn3c2CCl)c1. The number of aromatic nitrogens is 2. The first-order valence-corrected chi connectivity index (χ1v) is 6.37.